The molecule has 1 aromatic heterocycles. The summed E-state index contributed by atoms with van der Waals surface area (Å²) < 4.78 is 0. The third kappa shape index (κ3) is 3.10. The maximum absolute atomic E-state index is 4.50. The number of fused-ring (bicyclic) bond motifs is 1. The fraction of sp³-hybridized carbons (Fsp3) is 0.471. The first-order valence-corrected chi connectivity index (χ1v) is 8.36. The Kier molecular flexibility index (Phi) is 4.18. The van der Waals surface area contributed by atoms with Gasteiger partial charge in [0.15, 0.2) is 0 Å². The molecule has 1 N–H and O–H groups in total. The summed E-state index contributed by atoms with van der Waals surface area (Å²) in [6, 6.07) is 7.40. The zero-order valence-electron chi connectivity index (χ0n) is 12.3. The van der Waals surface area contributed by atoms with E-state index in [-0.39, 0.29) is 0 Å². The van der Waals surface area contributed by atoms with Crippen molar-refractivity contribution in [2.24, 2.45) is 0 Å². The van der Waals surface area contributed by atoms with Crippen molar-refractivity contribution >= 4 is 11.3 Å². The Morgan fingerprint density at radius 1 is 1.25 bits per heavy atom. The van der Waals surface area contributed by atoms with Crippen molar-refractivity contribution in [3.05, 3.63) is 51.0 Å². The van der Waals surface area contributed by atoms with E-state index in [0.29, 0.717) is 6.04 Å². The van der Waals surface area contributed by atoms with Crippen LogP contribution >= 0.6 is 11.3 Å². The van der Waals surface area contributed by atoms with Crippen molar-refractivity contribution < 1.29 is 0 Å². The van der Waals surface area contributed by atoms with Gasteiger partial charge in [0, 0.05) is 23.7 Å². The molecule has 2 nitrogen and oxygen atoms in total. The zero-order valence-corrected chi connectivity index (χ0v) is 13.1. The lowest BCUT2D eigenvalue weighted by Gasteiger charge is -2.19. The second kappa shape index (κ2) is 6.06. The van der Waals surface area contributed by atoms with Crippen LogP contribution in [0.3, 0.4) is 0 Å². The van der Waals surface area contributed by atoms with Crippen LogP contribution in [-0.4, -0.2) is 4.98 Å². The van der Waals surface area contributed by atoms with E-state index < -0.39 is 0 Å². The average molecular weight is 286 g/mol. The molecule has 1 aliphatic carbocycles. The summed E-state index contributed by atoms with van der Waals surface area (Å²) in [6.07, 6.45) is 5.21. The van der Waals surface area contributed by atoms with E-state index in [1.165, 1.54) is 36.3 Å². The minimum absolute atomic E-state index is 0.381. The molecule has 1 aromatic carbocycles. The highest BCUT2D eigenvalue weighted by molar-refractivity contribution is 7.09. The molecule has 3 heteroatoms. The summed E-state index contributed by atoms with van der Waals surface area (Å²) >= 11 is 1.74. The van der Waals surface area contributed by atoms with Gasteiger partial charge in [-0.25, -0.2) is 4.98 Å². The molecule has 106 valence electrons. The monoisotopic (exact) mass is 286 g/mol. The molecule has 1 unspecified atom stereocenters. The molecule has 1 heterocycles. The third-order valence-corrected chi connectivity index (χ3v) is 5.07. The topological polar surface area (TPSA) is 24.9 Å². The normalized spacial score (nSPS) is 15.9. The molecule has 20 heavy (non-hydrogen) atoms. The summed E-state index contributed by atoms with van der Waals surface area (Å²) in [7, 11) is 0. The van der Waals surface area contributed by atoms with Gasteiger partial charge in [-0.1, -0.05) is 18.2 Å². The minimum Gasteiger partial charge on any atom is -0.304 e. The number of aryl methyl sites for hydroxylation is 3. The average Bonchev–Trinajstić information content (AvgIpc) is 2.90. The molecular formula is C17H22N2S. The Labute approximate surface area is 125 Å². The van der Waals surface area contributed by atoms with E-state index in [4.69, 9.17) is 0 Å². The number of nitrogens with zero attached hydrogens (tertiary/aromatic N) is 1. The van der Waals surface area contributed by atoms with Gasteiger partial charge in [0.25, 0.3) is 0 Å². The van der Waals surface area contributed by atoms with Gasteiger partial charge in [0.1, 0.15) is 5.01 Å². The fourth-order valence-corrected chi connectivity index (χ4v) is 3.59. The molecule has 0 saturated heterocycles. The highest BCUT2D eigenvalue weighted by Crippen LogP contribution is 2.25. The summed E-state index contributed by atoms with van der Waals surface area (Å²) in [5.41, 5.74) is 5.64. The van der Waals surface area contributed by atoms with E-state index >= 15 is 0 Å². The van der Waals surface area contributed by atoms with E-state index in [0.717, 1.165) is 12.2 Å². The fourth-order valence-electron chi connectivity index (χ4n) is 2.86. The van der Waals surface area contributed by atoms with Crippen molar-refractivity contribution in [3.8, 4) is 0 Å². The molecule has 2 aromatic rings. The van der Waals surface area contributed by atoms with E-state index in [2.05, 4.69) is 40.8 Å². The molecule has 3 rings (SSSR count). The smallest absolute Gasteiger partial charge is 0.107 e. The van der Waals surface area contributed by atoms with Gasteiger partial charge in [-0.05, 0) is 56.2 Å². The number of hydrogen-bond donors (Lipinski definition) is 1. The van der Waals surface area contributed by atoms with E-state index in [9.17, 15) is 0 Å². The van der Waals surface area contributed by atoms with E-state index in [1.54, 1.807) is 22.5 Å². The van der Waals surface area contributed by atoms with Gasteiger partial charge < -0.3 is 5.32 Å². The van der Waals surface area contributed by atoms with Crippen LogP contribution in [0.4, 0.5) is 0 Å². The SMILES string of the molecule is Cc1csc(CNC(C)c2ccc3c(c2)CCCC3)n1. The molecule has 1 aliphatic rings. The van der Waals surface area contributed by atoms with Gasteiger partial charge in [-0.15, -0.1) is 11.3 Å². The first kappa shape index (κ1) is 13.8. The van der Waals surface area contributed by atoms with Crippen molar-refractivity contribution in [2.75, 3.05) is 0 Å². The summed E-state index contributed by atoms with van der Waals surface area (Å²) in [4.78, 5) is 4.50. The Morgan fingerprint density at radius 2 is 2.05 bits per heavy atom. The first-order valence-electron chi connectivity index (χ1n) is 7.48. The number of hydrogen-bond acceptors (Lipinski definition) is 3. The van der Waals surface area contributed by atoms with Crippen LogP contribution in [-0.2, 0) is 19.4 Å². The Hall–Kier alpha value is -1.19. The predicted octanol–water partition coefficient (Wildman–Crippen LogP) is 4.18. The maximum atomic E-state index is 4.50. The second-order valence-electron chi connectivity index (χ2n) is 5.72. The molecule has 0 bridgehead atoms. The third-order valence-electron chi connectivity index (χ3n) is 4.10. The number of nitrogens with one attached hydrogen (secondary N) is 1. The van der Waals surface area contributed by atoms with Crippen molar-refractivity contribution in [2.45, 2.75) is 52.1 Å². The van der Waals surface area contributed by atoms with Gasteiger partial charge in [-0.2, -0.15) is 0 Å². The molecule has 0 saturated carbocycles. The largest absolute Gasteiger partial charge is 0.304 e. The van der Waals surface area contributed by atoms with Crippen LogP contribution in [0.5, 0.6) is 0 Å². The van der Waals surface area contributed by atoms with Crippen molar-refractivity contribution in [1.29, 1.82) is 0 Å². The van der Waals surface area contributed by atoms with Crippen LogP contribution in [0.25, 0.3) is 0 Å². The molecule has 1 atom stereocenters. The molecule has 0 aliphatic heterocycles. The molecular weight excluding hydrogens is 264 g/mol. The second-order valence-corrected chi connectivity index (χ2v) is 6.66. The van der Waals surface area contributed by atoms with Crippen LogP contribution in [0.15, 0.2) is 23.6 Å². The van der Waals surface area contributed by atoms with Gasteiger partial charge in [0.05, 0.1) is 0 Å². The summed E-state index contributed by atoms with van der Waals surface area (Å²) in [6.45, 7) is 5.15. The van der Waals surface area contributed by atoms with Crippen molar-refractivity contribution in [1.82, 2.24) is 10.3 Å². The summed E-state index contributed by atoms with van der Waals surface area (Å²) in [5.74, 6) is 0. The zero-order chi connectivity index (χ0) is 13.9. The van der Waals surface area contributed by atoms with Crippen molar-refractivity contribution in [3.63, 3.8) is 0 Å². The predicted molar refractivity (Wildman–Crippen MR) is 85.2 cm³/mol. The van der Waals surface area contributed by atoms with Gasteiger partial charge in [0.2, 0.25) is 0 Å². The number of aromatic nitrogens is 1. The maximum Gasteiger partial charge on any atom is 0.107 e. The number of rotatable bonds is 4. The van der Waals surface area contributed by atoms with E-state index in [1.807, 2.05) is 6.92 Å². The highest BCUT2D eigenvalue weighted by atomic mass is 32.1. The lowest BCUT2D eigenvalue weighted by molar-refractivity contribution is 0.570. The van der Waals surface area contributed by atoms with Crippen LogP contribution < -0.4 is 5.32 Å². The first-order chi connectivity index (χ1) is 9.72. The number of benzene rings is 1. The molecule has 0 amide bonds. The van der Waals surface area contributed by atoms with Gasteiger partial charge >= 0.3 is 0 Å². The lowest BCUT2D eigenvalue weighted by Crippen LogP contribution is -2.18. The quantitative estimate of drug-likeness (QED) is 0.912. The molecule has 0 radical (unpaired) electrons. The number of thiazole rings is 1. The molecule has 0 spiro atoms. The summed E-state index contributed by atoms with van der Waals surface area (Å²) in [5, 5.41) is 6.87. The van der Waals surface area contributed by atoms with Gasteiger partial charge in [-0.3, -0.25) is 0 Å². The lowest BCUT2D eigenvalue weighted by atomic mass is 9.89. The van der Waals surface area contributed by atoms with Crippen LogP contribution in [0.2, 0.25) is 0 Å². The van der Waals surface area contributed by atoms with Crippen LogP contribution in [0.1, 0.15) is 53.2 Å². The minimum atomic E-state index is 0.381. The Morgan fingerprint density at radius 3 is 2.80 bits per heavy atom. The molecule has 0 fully saturated rings. The standard InChI is InChI=1S/C17H22N2S/c1-12-11-20-17(19-12)10-18-13(2)15-8-7-14-5-3-4-6-16(14)9-15/h7-9,11,13,18H,3-6,10H2,1-2H3. The Bertz CT molecular complexity index is 588. The Balaban J connectivity index is 1.66. The van der Waals surface area contributed by atoms with Crippen LogP contribution in [0, 0.1) is 6.92 Å². The highest BCUT2D eigenvalue weighted by Gasteiger charge is 2.12.